The predicted molar refractivity (Wildman–Crippen MR) is 82.3 cm³/mol. The summed E-state index contributed by atoms with van der Waals surface area (Å²) in [5, 5.41) is 11.2. The van der Waals surface area contributed by atoms with Crippen molar-refractivity contribution in [1.29, 1.82) is 0 Å². The van der Waals surface area contributed by atoms with E-state index >= 15 is 0 Å². The largest absolute Gasteiger partial charge is 0.384 e. The minimum Gasteiger partial charge on any atom is -0.384 e. The maximum atomic E-state index is 11.2. The Balaban J connectivity index is 2.29. The van der Waals surface area contributed by atoms with Crippen LogP contribution in [0.5, 0.6) is 0 Å². The van der Waals surface area contributed by atoms with E-state index in [2.05, 4.69) is 33.6 Å². The Morgan fingerprint density at radius 2 is 1.90 bits per heavy atom. The molecule has 1 aromatic rings. The number of terminal acetylenes is 1. The zero-order valence-electron chi connectivity index (χ0n) is 13.0. The second kappa shape index (κ2) is 5.24. The first kappa shape index (κ1) is 15.1. The summed E-state index contributed by atoms with van der Waals surface area (Å²) in [4.78, 5) is 1.40. The van der Waals surface area contributed by atoms with Crippen LogP contribution in [0, 0.1) is 18.3 Å². The lowest BCUT2D eigenvalue weighted by atomic mass is 9.73. The van der Waals surface area contributed by atoms with E-state index in [4.69, 9.17) is 6.42 Å². The van der Waals surface area contributed by atoms with Crippen LogP contribution in [0.1, 0.15) is 39.7 Å². The Morgan fingerprint density at radius 1 is 1.30 bits per heavy atom. The topological polar surface area (TPSA) is 24.7 Å². The van der Waals surface area contributed by atoms with Crippen molar-refractivity contribution in [3.05, 3.63) is 35.9 Å². The standard InChI is InChI=1S/C18H25NO/c1-6-17(4,5)19-13-14(2)18(20,12-15(19)3)16-10-8-7-9-11-16/h1,7-11,14-15,20H,12-13H2,2-5H3/p+1/t14-,15+,18-/m1/s1. The molecule has 0 amide bonds. The normalized spacial score (nSPS) is 34.5. The molecule has 4 atom stereocenters. The Labute approximate surface area is 122 Å². The summed E-state index contributed by atoms with van der Waals surface area (Å²) in [6, 6.07) is 10.4. The highest BCUT2D eigenvalue weighted by atomic mass is 16.3. The number of hydrogen-bond acceptors (Lipinski definition) is 1. The third kappa shape index (κ3) is 2.49. The fraction of sp³-hybridized carbons (Fsp3) is 0.556. The van der Waals surface area contributed by atoms with Gasteiger partial charge in [0, 0.05) is 26.2 Å². The molecule has 1 aliphatic rings. The van der Waals surface area contributed by atoms with E-state index in [1.54, 1.807) is 0 Å². The maximum Gasteiger partial charge on any atom is 0.153 e. The van der Waals surface area contributed by atoms with Crippen LogP contribution in [0.25, 0.3) is 0 Å². The van der Waals surface area contributed by atoms with E-state index in [0.717, 1.165) is 18.5 Å². The summed E-state index contributed by atoms with van der Waals surface area (Å²) in [6.07, 6.45) is 6.44. The van der Waals surface area contributed by atoms with Gasteiger partial charge in [-0.25, -0.2) is 0 Å². The van der Waals surface area contributed by atoms with Gasteiger partial charge < -0.3 is 10.0 Å². The fourth-order valence-electron chi connectivity index (χ4n) is 3.58. The summed E-state index contributed by atoms with van der Waals surface area (Å²) in [5.74, 6) is 3.09. The summed E-state index contributed by atoms with van der Waals surface area (Å²) in [6.45, 7) is 9.43. The molecule has 0 spiro atoms. The highest BCUT2D eigenvalue weighted by Gasteiger charge is 2.49. The molecule has 0 radical (unpaired) electrons. The van der Waals surface area contributed by atoms with Crippen LogP contribution >= 0.6 is 0 Å². The van der Waals surface area contributed by atoms with Gasteiger partial charge in [-0.3, -0.25) is 0 Å². The van der Waals surface area contributed by atoms with Crippen molar-refractivity contribution in [2.75, 3.05) is 6.54 Å². The van der Waals surface area contributed by atoms with E-state index in [0.29, 0.717) is 6.04 Å². The molecule has 0 aliphatic carbocycles. The smallest absolute Gasteiger partial charge is 0.153 e. The highest BCUT2D eigenvalue weighted by molar-refractivity contribution is 5.24. The molecule has 1 aliphatic heterocycles. The molecule has 2 heteroatoms. The van der Waals surface area contributed by atoms with E-state index in [1.807, 2.05) is 30.3 Å². The van der Waals surface area contributed by atoms with Crippen molar-refractivity contribution < 1.29 is 10.0 Å². The maximum absolute atomic E-state index is 11.2. The van der Waals surface area contributed by atoms with Gasteiger partial charge in [-0.2, -0.15) is 0 Å². The Morgan fingerprint density at radius 3 is 2.45 bits per heavy atom. The van der Waals surface area contributed by atoms with E-state index in [9.17, 15) is 5.11 Å². The van der Waals surface area contributed by atoms with Crippen LogP contribution in [0.2, 0.25) is 0 Å². The van der Waals surface area contributed by atoms with Crippen LogP contribution in [-0.2, 0) is 5.60 Å². The number of quaternary nitrogens is 1. The first-order chi connectivity index (χ1) is 9.31. The van der Waals surface area contributed by atoms with Gasteiger partial charge in [-0.1, -0.05) is 37.3 Å². The van der Waals surface area contributed by atoms with E-state index < -0.39 is 5.60 Å². The summed E-state index contributed by atoms with van der Waals surface area (Å²) < 4.78 is 0. The quantitative estimate of drug-likeness (QED) is 0.785. The lowest BCUT2D eigenvalue weighted by molar-refractivity contribution is -0.972. The summed E-state index contributed by atoms with van der Waals surface area (Å²) >= 11 is 0. The zero-order chi connectivity index (χ0) is 15.0. The average molecular weight is 272 g/mol. The minimum absolute atomic E-state index is 0.184. The number of hydrogen-bond donors (Lipinski definition) is 2. The average Bonchev–Trinajstić information content (AvgIpc) is 2.43. The minimum atomic E-state index is -0.741. The fourth-order valence-corrected chi connectivity index (χ4v) is 3.58. The number of rotatable bonds is 2. The van der Waals surface area contributed by atoms with Crippen molar-refractivity contribution in [2.24, 2.45) is 5.92 Å². The second-order valence-electron chi connectivity index (χ2n) is 6.80. The monoisotopic (exact) mass is 272 g/mol. The van der Waals surface area contributed by atoms with Gasteiger partial charge in [0.1, 0.15) is 5.60 Å². The molecule has 1 aromatic carbocycles. The molecule has 0 aromatic heterocycles. The van der Waals surface area contributed by atoms with E-state index in [-0.39, 0.29) is 11.5 Å². The molecule has 2 N–H and O–H groups in total. The lowest BCUT2D eigenvalue weighted by Gasteiger charge is -2.48. The van der Waals surface area contributed by atoms with Gasteiger partial charge in [-0.05, 0) is 18.4 Å². The molecular formula is C18H26NO+. The Kier molecular flexibility index (Phi) is 3.95. The predicted octanol–water partition coefficient (Wildman–Crippen LogP) is 1.60. The van der Waals surface area contributed by atoms with Crippen molar-refractivity contribution in [3.63, 3.8) is 0 Å². The molecule has 108 valence electrons. The number of piperidine rings is 1. The number of benzene rings is 1. The van der Waals surface area contributed by atoms with Crippen LogP contribution in [0.15, 0.2) is 30.3 Å². The third-order valence-corrected chi connectivity index (χ3v) is 4.99. The summed E-state index contributed by atoms with van der Waals surface area (Å²) in [7, 11) is 0. The highest BCUT2D eigenvalue weighted by Crippen LogP contribution is 2.35. The van der Waals surface area contributed by atoms with Gasteiger partial charge in [0.25, 0.3) is 0 Å². The van der Waals surface area contributed by atoms with Crippen molar-refractivity contribution in [1.82, 2.24) is 0 Å². The Bertz CT molecular complexity index is 502. The second-order valence-corrected chi connectivity index (χ2v) is 6.80. The van der Waals surface area contributed by atoms with Crippen LogP contribution < -0.4 is 4.90 Å². The van der Waals surface area contributed by atoms with Gasteiger partial charge in [0.15, 0.2) is 5.54 Å². The number of likely N-dealkylation sites (tertiary alicyclic amines) is 1. The van der Waals surface area contributed by atoms with Crippen LogP contribution in [0.4, 0.5) is 0 Å². The van der Waals surface area contributed by atoms with Gasteiger partial charge in [0.2, 0.25) is 0 Å². The van der Waals surface area contributed by atoms with Crippen molar-refractivity contribution in [3.8, 4) is 12.3 Å². The first-order valence-corrected chi connectivity index (χ1v) is 7.43. The molecule has 1 fully saturated rings. The van der Waals surface area contributed by atoms with Crippen LogP contribution in [0.3, 0.4) is 0 Å². The van der Waals surface area contributed by atoms with Crippen LogP contribution in [-0.4, -0.2) is 23.2 Å². The van der Waals surface area contributed by atoms with Gasteiger partial charge in [0.05, 0.1) is 12.6 Å². The van der Waals surface area contributed by atoms with E-state index in [1.165, 1.54) is 4.90 Å². The molecule has 1 unspecified atom stereocenters. The Hall–Kier alpha value is -1.30. The lowest BCUT2D eigenvalue weighted by Crippen LogP contribution is -3.24. The molecule has 2 nitrogen and oxygen atoms in total. The zero-order valence-corrected chi connectivity index (χ0v) is 13.0. The van der Waals surface area contributed by atoms with Gasteiger partial charge in [-0.15, -0.1) is 6.42 Å². The molecule has 1 saturated heterocycles. The van der Waals surface area contributed by atoms with Gasteiger partial charge >= 0.3 is 0 Å². The molecule has 2 rings (SSSR count). The molecule has 20 heavy (non-hydrogen) atoms. The SMILES string of the molecule is C#CC(C)(C)[NH+]1C[C@@H](C)[C@@](O)(c2ccccc2)C[C@@H]1C. The third-order valence-electron chi connectivity index (χ3n) is 4.99. The van der Waals surface area contributed by atoms with Crippen molar-refractivity contribution >= 4 is 0 Å². The summed E-state index contributed by atoms with van der Waals surface area (Å²) in [5.41, 5.74) is 0.0949. The molecule has 1 heterocycles. The molecule has 0 bridgehead atoms. The molecule has 0 saturated carbocycles. The van der Waals surface area contributed by atoms with Crippen molar-refractivity contribution in [2.45, 2.75) is 51.3 Å². The number of nitrogens with one attached hydrogen (secondary N) is 1. The first-order valence-electron chi connectivity index (χ1n) is 7.43. The number of aliphatic hydroxyl groups is 1. The molecular weight excluding hydrogens is 246 g/mol.